The van der Waals surface area contributed by atoms with E-state index >= 15 is 0 Å². The monoisotopic (exact) mass is 193 g/mol. The molecular formula is C3H11N7O3. The average molecular weight is 193 g/mol. The number of hydrogen-bond donors (Lipinski definition) is 9. The molecule has 0 fully saturated rings. The van der Waals surface area contributed by atoms with Crippen molar-refractivity contribution in [1.82, 2.24) is 16.3 Å². The first-order valence-electron chi connectivity index (χ1n) is 2.73. The smallest absolute Gasteiger partial charge is 0.450 e. The minimum absolute atomic E-state index is 0.162. The van der Waals surface area contributed by atoms with Gasteiger partial charge < -0.3 is 15.9 Å². The lowest BCUT2D eigenvalue weighted by Gasteiger charge is -2.06. The van der Waals surface area contributed by atoms with Gasteiger partial charge in [-0.1, -0.05) is 0 Å². The molecule has 0 aliphatic carbocycles. The number of nitrogens with two attached hydrogens (primary N) is 2. The number of carbonyl (C=O) groups is 1. The van der Waals surface area contributed by atoms with Crippen LogP contribution in [-0.2, 0) is 0 Å². The topological polar surface area (TPSA) is 193 Å². The summed E-state index contributed by atoms with van der Waals surface area (Å²) in [4.78, 5) is 8.56. The zero-order valence-corrected chi connectivity index (χ0v) is 6.46. The maximum atomic E-state index is 8.56. The maximum absolute atomic E-state index is 8.56. The summed E-state index contributed by atoms with van der Waals surface area (Å²) in [6.45, 7) is 0. The third-order valence-electron chi connectivity index (χ3n) is 0.467. The molecule has 0 atom stereocenters. The molecule has 0 spiro atoms. The lowest BCUT2D eigenvalue weighted by atomic mass is 11.0. The van der Waals surface area contributed by atoms with Crippen LogP contribution >= 0.6 is 0 Å². The zero-order chi connectivity index (χ0) is 10.9. The van der Waals surface area contributed by atoms with E-state index in [1.807, 2.05) is 5.43 Å². The van der Waals surface area contributed by atoms with Gasteiger partial charge in [0.05, 0.1) is 0 Å². The van der Waals surface area contributed by atoms with Crippen LogP contribution in [0.25, 0.3) is 0 Å². The minimum atomic E-state index is -1.83. The number of rotatable bonds is 0. The molecule has 10 heteroatoms. The van der Waals surface area contributed by atoms with E-state index in [1.54, 1.807) is 0 Å². The molecule has 0 saturated carbocycles. The summed E-state index contributed by atoms with van der Waals surface area (Å²) in [5.41, 5.74) is 11.1. The van der Waals surface area contributed by atoms with Crippen LogP contribution in [0.5, 0.6) is 0 Å². The standard InChI is InChI=1S/C2H9N7.CH2O3/c3-1(4)8-9-2(5)7-6;2-1(3)4/h6H2,(H4,3,4,8)(H3,5,7,9);(H2,2,3,4). The Morgan fingerprint density at radius 2 is 1.62 bits per heavy atom. The highest BCUT2D eigenvalue weighted by molar-refractivity contribution is 5.81. The van der Waals surface area contributed by atoms with Crippen molar-refractivity contribution >= 4 is 18.1 Å². The predicted molar refractivity (Wildman–Crippen MR) is 43.9 cm³/mol. The van der Waals surface area contributed by atoms with Crippen LogP contribution in [-0.4, -0.2) is 28.3 Å². The molecular weight excluding hydrogens is 182 g/mol. The quantitative estimate of drug-likeness (QED) is 0.0877. The largest absolute Gasteiger partial charge is 0.503 e. The molecule has 0 bridgehead atoms. The number of nitrogens with one attached hydrogen (secondary N) is 5. The fourth-order valence-corrected chi connectivity index (χ4v) is 0.166. The van der Waals surface area contributed by atoms with E-state index in [-0.39, 0.29) is 11.9 Å². The van der Waals surface area contributed by atoms with Crippen LogP contribution < -0.4 is 27.9 Å². The summed E-state index contributed by atoms with van der Waals surface area (Å²) in [6, 6.07) is 0. The molecule has 0 heterocycles. The molecule has 0 aliphatic heterocycles. The lowest BCUT2D eigenvalue weighted by molar-refractivity contribution is 0.137. The summed E-state index contributed by atoms with van der Waals surface area (Å²) in [5, 5.41) is 27.3. The van der Waals surface area contributed by atoms with Crippen LogP contribution in [0.2, 0.25) is 0 Å². The van der Waals surface area contributed by atoms with E-state index in [0.717, 1.165) is 0 Å². The molecule has 0 aromatic carbocycles. The maximum Gasteiger partial charge on any atom is 0.503 e. The predicted octanol–water partition coefficient (Wildman–Crippen LogP) is -2.41. The molecule has 0 unspecified atom stereocenters. The van der Waals surface area contributed by atoms with Gasteiger partial charge in [0, 0.05) is 0 Å². The summed E-state index contributed by atoms with van der Waals surface area (Å²) >= 11 is 0. The van der Waals surface area contributed by atoms with Crippen molar-refractivity contribution in [3.8, 4) is 0 Å². The molecule has 0 aromatic heterocycles. The molecule has 13 heavy (non-hydrogen) atoms. The second kappa shape index (κ2) is 7.87. The summed E-state index contributed by atoms with van der Waals surface area (Å²) in [6.07, 6.45) is -1.83. The molecule has 76 valence electrons. The Balaban J connectivity index is 0. The van der Waals surface area contributed by atoms with E-state index in [9.17, 15) is 0 Å². The zero-order valence-electron chi connectivity index (χ0n) is 6.46. The number of guanidine groups is 2. The number of hydrogen-bond acceptors (Lipinski definition) is 4. The van der Waals surface area contributed by atoms with Crippen molar-refractivity contribution in [1.29, 1.82) is 10.8 Å². The normalized spacial score (nSPS) is 7.15. The van der Waals surface area contributed by atoms with E-state index < -0.39 is 6.16 Å². The SMILES string of the molecule is N=C(N)NNC(=N)NN.O=C(O)O. The minimum Gasteiger partial charge on any atom is -0.450 e. The van der Waals surface area contributed by atoms with E-state index in [4.69, 9.17) is 37.4 Å². The van der Waals surface area contributed by atoms with Crippen LogP contribution in [0.3, 0.4) is 0 Å². The number of carboxylic acid groups (broad SMARTS) is 2. The van der Waals surface area contributed by atoms with Gasteiger partial charge in [-0.2, -0.15) is 0 Å². The Hall–Kier alpha value is -2.23. The van der Waals surface area contributed by atoms with Crippen molar-refractivity contribution in [2.45, 2.75) is 0 Å². The van der Waals surface area contributed by atoms with Gasteiger partial charge in [0.2, 0.25) is 11.9 Å². The van der Waals surface area contributed by atoms with Crippen molar-refractivity contribution in [2.75, 3.05) is 0 Å². The molecule has 0 aromatic rings. The van der Waals surface area contributed by atoms with Gasteiger partial charge in [0.1, 0.15) is 0 Å². The van der Waals surface area contributed by atoms with E-state index in [2.05, 4.69) is 10.9 Å². The molecule has 10 nitrogen and oxygen atoms in total. The van der Waals surface area contributed by atoms with E-state index in [1.165, 1.54) is 0 Å². The van der Waals surface area contributed by atoms with Gasteiger partial charge in [-0.25, -0.2) is 10.6 Å². The van der Waals surface area contributed by atoms with Crippen molar-refractivity contribution < 1.29 is 15.0 Å². The van der Waals surface area contributed by atoms with Gasteiger partial charge >= 0.3 is 6.16 Å². The Labute approximate surface area is 72.9 Å². The third kappa shape index (κ3) is 25.9. The Bertz CT molecular complexity index is 187. The third-order valence-corrected chi connectivity index (χ3v) is 0.467. The Morgan fingerprint density at radius 3 is 1.85 bits per heavy atom. The fraction of sp³-hybridized carbons (Fsp3) is 0. The molecule has 11 N–H and O–H groups in total. The van der Waals surface area contributed by atoms with E-state index in [0.29, 0.717) is 0 Å². The van der Waals surface area contributed by atoms with Gasteiger partial charge in [0.25, 0.3) is 0 Å². The Morgan fingerprint density at radius 1 is 1.23 bits per heavy atom. The lowest BCUT2D eigenvalue weighted by Crippen LogP contribution is -2.51. The van der Waals surface area contributed by atoms with Crippen molar-refractivity contribution in [3.63, 3.8) is 0 Å². The molecule has 0 saturated heterocycles. The second-order valence-corrected chi connectivity index (χ2v) is 1.47. The van der Waals surface area contributed by atoms with Crippen LogP contribution in [0.1, 0.15) is 0 Å². The number of hydrazine groups is 2. The molecule has 0 radical (unpaired) electrons. The summed E-state index contributed by atoms with van der Waals surface area (Å²) in [7, 11) is 0. The van der Waals surface area contributed by atoms with Crippen LogP contribution in [0.15, 0.2) is 0 Å². The van der Waals surface area contributed by atoms with Gasteiger partial charge in [-0.3, -0.25) is 27.1 Å². The molecule has 0 amide bonds. The first kappa shape index (κ1) is 13.4. The highest BCUT2D eigenvalue weighted by Gasteiger charge is 1.87. The first-order valence-corrected chi connectivity index (χ1v) is 2.73. The average Bonchev–Trinajstić information content (AvgIpc) is 1.99. The van der Waals surface area contributed by atoms with Crippen molar-refractivity contribution in [2.24, 2.45) is 11.6 Å². The molecule has 0 aliphatic rings. The second-order valence-electron chi connectivity index (χ2n) is 1.47. The van der Waals surface area contributed by atoms with Crippen LogP contribution in [0, 0.1) is 10.8 Å². The van der Waals surface area contributed by atoms with Crippen molar-refractivity contribution in [3.05, 3.63) is 0 Å². The summed E-state index contributed by atoms with van der Waals surface area (Å²) in [5.74, 6) is 4.33. The highest BCUT2D eigenvalue weighted by atomic mass is 16.6. The van der Waals surface area contributed by atoms with Gasteiger partial charge in [-0.05, 0) is 0 Å². The first-order chi connectivity index (χ1) is 5.90. The summed E-state index contributed by atoms with van der Waals surface area (Å²) < 4.78 is 0. The highest BCUT2D eigenvalue weighted by Crippen LogP contribution is 1.46. The van der Waals surface area contributed by atoms with Crippen LogP contribution in [0.4, 0.5) is 4.79 Å². The Kier molecular flexibility index (Phi) is 8.09. The van der Waals surface area contributed by atoms with Gasteiger partial charge in [0.15, 0.2) is 0 Å². The molecule has 0 rings (SSSR count). The fourth-order valence-electron chi connectivity index (χ4n) is 0.166. The van der Waals surface area contributed by atoms with Gasteiger partial charge in [-0.15, -0.1) is 0 Å².